The molecule has 1 fully saturated rings. The maximum Gasteiger partial charge on any atom is 0.435 e. The first-order valence-electron chi connectivity index (χ1n) is 11.1. The summed E-state index contributed by atoms with van der Waals surface area (Å²) in [5, 5.41) is 18.4. The van der Waals surface area contributed by atoms with Crippen molar-refractivity contribution in [2.24, 2.45) is 0 Å². The highest BCUT2D eigenvalue weighted by molar-refractivity contribution is 5.95. The molecule has 9 nitrogen and oxygen atoms in total. The summed E-state index contributed by atoms with van der Waals surface area (Å²) in [6.45, 7) is 1.98. The SMILES string of the molecule is Cc1c(-c2nc3c(n2O)-c2cccnc2Nc2cnccc2-3)c(C(F)(F)F)nn1C1CCCCO1. The van der Waals surface area contributed by atoms with Crippen LogP contribution in [-0.2, 0) is 10.9 Å². The van der Waals surface area contributed by atoms with Gasteiger partial charge in [-0.25, -0.2) is 14.6 Å². The van der Waals surface area contributed by atoms with Crippen molar-refractivity contribution < 1.29 is 23.1 Å². The van der Waals surface area contributed by atoms with Gasteiger partial charge in [0.1, 0.15) is 23.4 Å². The van der Waals surface area contributed by atoms with Gasteiger partial charge in [-0.2, -0.15) is 23.0 Å². The number of rotatable bonds is 2. The molecule has 0 radical (unpaired) electrons. The molecule has 1 saturated heterocycles. The first-order valence-corrected chi connectivity index (χ1v) is 11.1. The molecule has 0 bridgehead atoms. The lowest BCUT2D eigenvalue weighted by Crippen LogP contribution is -2.20. The molecule has 6 rings (SSSR count). The van der Waals surface area contributed by atoms with Crippen LogP contribution in [0, 0.1) is 6.92 Å². The Kier molecular flexibility index (Phi) is 4.81. The summed E-state index contributed by atoms with van der Waals surface area (Å²) in [6, 6.07) is 5.07. The van der Waals surface area contributed by atoms with Gasteiger partial charge in [0.05, 0.1) is 23.1 Å². The van der Waals surface area contributed by atoms with Crippen LogP contribution in [0.4, 0.5) is 24.7 Å². The van der Waals surface area contributed by atoms with Crippen LogP contribution in [0.1, 0.15) is 36.9 Å². The van der Waals surface area contributed by atoms with Crippen molar-refractivity contribution >= 4 is 11.5 Å². The molecular formula is C23H20F3N7O2. The number of ether oxygens (including phenoxy) is 1. The van der Waals surface area contributed by atoms with Gasteiger partial charge in [0.15, 0.2) is 11.5 Å². The second kappa shape index (κ2) is 7.80. The quantitative estimate of drug-likeness (QED) is 0.333. The second-order valence-electron chi connectivity index (χ2n) is 8.46. The zero-order chi connectivity index (χ0) is 24.3. The summed E-state index contributed by atoms with van der Waals surface area (Å²) in [5.74, 6) is 0.155. The molecule has 0 saturated carbocycles. The molecule has 2 aliphatic heterocycles. The number of aromatic nitrogens is 6. The summed E-state index contributed by atoms with van der Waals surface area (Å²) in [6.07, 6.45) is 1.54. The minimum absolute atomic E-state index is 0.208. The Morgan fingerprint density at radius 3 is 2.80 bits per heavy atom. The highest BCUT2D eigenvalue weighted by Gasteiger charge is 2.42. The fraction of sp³-hybridized carbons (Fsp3) is 0.304. The fourth-order valence-electron chi connectivity index (χ4n) is 4.71. The van der Waals surface area contributed by atoms with E-state index in [0.29, 0.717) is 46.1 Å². The van der Waals surface area contributed by atoms with Crippen LogP contribution in [0.5, 0.6) is 0 Å². The Morgan fingerprint density at radius 1 is 1.17 bits per heavy atom. The van der Waals surface area contributed by atoms with Crippen LogP contribution in [0.15, 0.2) is 36.8 Å². The van der Waals surface area contributed by atoms with E-state index in [1.165, 1.54) is 11.6 Å². The van der Waals surface area contributed by atoms with E-state index in [2.05, 4.69) is 25.4 Å². The molecule has 6 heterocycles. The van der Waals surface area contributed by atoms with Crippen molar-refractivity contribution in [3.05, 3.63) is 48.2 Å². The summed E-state index contributed by atoms with van der Waals surface area (Å²) in [5.41, 5.74) is 0.915. The molecule has 0 amide bonds. The minimum Gasteiger partial charge on any atom is -0.426 e. The average Bonchev–Trinajstić information content (AvgIpc) is 3.32. The lowest BCUT2D eigenvalue weighted by molar-refractivity contribution is -0.142. The molecule has 0 aromatic carbocycles. The van der Waals surface area contributed by atoms with Crippen LogP contribution in [-0.4, -0.2) is 41.3 Å². The van der Waals surface area contributed by atoms with Crippen molar-refractivity contribution in [2.45, 2.75) is 38.6 Å². The first-order chi connectivity index (χ1) is 16.8. The Balaban J connectivity index is 1.63. The molecule has 1 atom stereocenters. The minimum atomic E-state index is -4.77. The van der Waals surface area contributed by atoms with E-state index in [0.717, 1.165) is 12.8 Å². The van der Waals surface area contributed by atoms with E-state index in [-0.39, 0.29) is 22.8 Å². The normalized spacial score (nSPS) is 17.2. The predicted molar refractivity (Wildman–Crippen MR) is 119 cm³/mol. The molecule has 4 aromatic heterocycles. The maximum absolute atomic E-state index is 14.2. The number of nitrogens with zero attached hydrogens (tertiary/aromatic N) is 6. The molecule has 35 heavy (non-hydrogen) atoms. The average molecular weight is 483 g/mol. The van der Waals surface area contributed by atoms with Crippen molar-refractivity contribution in [1.29, 1.82) is 0 Å². The number of anilines is 2. The maximum atomic E-state index is 14.2. The highest BCUT2D eigenvalue weighted by Crippen LogP contribution is 2.46. The zero-order valence-corrected chi connectivity index (χ0v) is 18.5. The number of alkyl halides is 3. The van der Waals surface area contributed by atoms with E-state index in [1.807, 2.05) is 0 Å². The molecule has 4 aromatic rings. The number of halogens is 3. The molecule has 2 aliphatic rings. The van der Waals surface area contributed by atoms with E-state index < -0.39 is 18.1 Å². The van der Waals surface area contributed by atoms with E-state index in [1.54, 1.807) is 36.8 Å². The Hall–Kier alpha value is -3.93. The zero-order valence-electron chi connectivity index (χ0n) is 18.5. The van der Waals surface area contributed by atoms with Gasteiger partial charge < -0.3 is 15.3 Å². The van der Waals surface area contributed by atoms with Crippen molar-refractivity contribution in [3.8, 4) is 33.9 Å². The second-order valence-corrected chi connectivity index (χ2v) is 8.46. The van der Waals surface area contributed by atoms with E-state index in [9.17, 15) is 18.4 Å². The van der Waals surface area contributed by atoms with Crippen molar-refractivity contribution in [1.82, 2.24) is 29.5 Å². The summed E-state index contributed by atoms with van der Waals surface area (Å²) >= 11 is 0. The van der Waals surface area contributed by atoms with E-state index >= 15 is 0 Å². The van der Waals surface area contributed by atoms with E-state index in [4.69, 9.17) is 4.74 Å². The first kappa shape index (κ1) is 21.6. The molecular weight excluding hydrogens is 463 g/mol. The number of pyridine rings is 2. The van der Waals surface area contributed by atoms with Crippen molar-refractivity contribution in [3.63, 3.8) is 0 Å². The fourth-order valence-corrected chi connectivity index (χ4v) is 4.71. The largest absolute Gasteiger partial charge is 0.435 e. The van der Waals surface area contributed by atoms with Crippen LogP contribution in [0.3, 0.4) is 0 Å². The summed E-state index contributed by atoms with van der Waals surface area (Å²) < 4.78 is 50.2. The third kappa shape index (κ3) is 3.35. The Bertz CT molecular complexity index is 1440. The number of hydrogen-bond acceptors (Lipinski definition) is 7. The van der Waals surface area contributed by atoms with Crippen LogP contribution in [0.2, 0.25) is 0 Å². The van der Waals surface area contributed by atoms with Gasteiger partial charge in [0, 0.05) is 30.1 Å². The Labute approximate surface area is 197 Å². The molecule has 0 spiro atoms. The third-order valence-corrected chi connectivity index (χ3v) is 6.32. The molecule has 0 aliphatic carbocycles. The summed E-state index contributed by atoms with van der Waals surface area (Å²) in [4.78, 5) is 13.0. The number of fused-ring (bicyclic) bond motifs is 5. The van der Waals surface area contributed by atoms with Crippen LogP contribution < -0.4 is 5.32 Å². The third-order valence-electron chi connectivity index (χ3n) is 6.32. The van der Waals surface area contributed by atoms with Gasteiger partial charge in [0.2, 0.25) is 0 Å². The highest BCUT2D eigenvalue weighted by atomic mass is 19.4. The molecule has 180 valence electrons. The molecule has 2 N–H and O–H groups in total. The number of imidazole rings is 1. The lowest BCUT2D eigenvalue weighted by atomic mass is 10.1. The number of hydrogen-bond donors (Lipinski definition) is 2. The topological polar surface area (TPSA) is 103 Å². The monoisotopic (exact) mass is 483 g/mol. The molecule has 1 unspecified atom stereocenters. The van der Waals surface area contributed by atoms with Gasteiger partial charge >= 0.3 is 6.18 Å². The van der Waals surface area contributed by atoms with Gasteiger partial charge in [-0.05, 0) is 44.4 Å². The van der Waals surface area contributed by atoms with Gasteiger partial charge in [-0.3, -0.25) is 4.98 Å². The number of nitrogens with one attached hydrogen (secondary N) is 1. The van der Waals surface area contributed by atoms with Crippen LogP contribution >= 0.6 is 0 Å². The predicted octanol–water partition coefficient (Wildman–Crippen LogP) is 5.19. The lowest BCUT2D eigenvalue weighted by Gasteiger charge is -2.24. The Morgan fingerprint density at radius 2 is 2.03 bits per heavy atom. The smallest absolute Gasteiger partial charge is 0.426 e. The van der Waals surface area contributed by atoms with Gasteiger partial charge in [-0.15, -0.1) is 0 Å². The van der Waals surface area contributed by atoms with Gasteiger partial charge in [0.25, 0.3) is 0 Å². The standard InChI is InChI=1S/C23H20F3N7O2/c1-12-17(20(23(24,25)26)31-32(12)16-6-2-3-10-35-16)22-30-18-13-7-9-27-11-15(13)29-21-14(5-4-8-28-21)19(18)33(22)34/h4-5,7-9,11,16,34H,2-3,6,10H2,1H3,(H,28,29). The van der Waals surface area contributed by atoms with Crippen molar-refractivity contribution in [2.75, 3.05) is 11.9 Å². The van der Waals surface area contributed by atoms with Crippen LogP contribution in [0.25, 0.3) is 33.9 Å². The van der Waals surface area contributed by atoms with Gasteiger partial charge in [-0.1, -0.05) is 0 Å². The summed E-state index contributed by atoms with van der Waals surface area (Å²) in [7, 11) is 0. The molecule has 12 heteroatoms.